The van der Waals surface area contributed by atoms with E-state index < -0.39 is 14.5 Å². The monoisotopic (exact) mass is 204 g/mol. The van der Waals surface area contributed by atoms with Gasteiger partial charge in [0.15, 0.2) is 5.73 Å². The van der Waals surface area contributed by atoms with Crippen LogP contribution in [0.5, 0.6) is 0 Å². The third-order valence-corrected chi connectivity index (χ3v) is 4.43. The molecule has 0 aromatic rings. The molecular weight excluding hydrogens is 188 g/mol. The Hall–Kier alpha value is -0.623. The van der Waals surface area contributed by atoms with Crippen molar-refractivity contribution in [3.63, 3.8) is 0 Å². The summed E-state index contributed by atoms with van der Waals surface area (Å²) in [5, 5.41) is 0. The molecule has 0 aliphatic rings. The fraction of sp³-hybridized carbons (Fsp3) is 0.500. The van der Waals surface area contributed by atoms with Crippen LogP contribution in [0.3, 0.4) is 0 Å². The van der Waals surface area contributed by atoms with Crippen LogP contribution < -0.4 is 0 Å². The van der Waals surface area contributed by atoms with Crippen LogP contribution in [0.2, 0.25) is 0 Å². The number of rotatable bonds is 7. The lowest BCUT2D eigenvalue weighted by molar-refractivity contribution is 0.0681. The van der Waals surface area contributed by atoms with Crippen LogP contribution in [0.15, 0.2) is 25.5 Å². The fourth-order valence-electron chi connectivity index (χ4n) is 0.985. The Morgan fingerprint density at radius 3 is 1.77 bits per heavy atom. The quantitative estimate of drug-likeness (QED) is 0.354. The van der Waals surface area contributed by atoms with Crippen molar-refractivity contribution in [2.45, 2.75) is 5.73 Å². The van der Waals surface area contributed by atoms with Gasteiger partial charge in [0.1, 0.15) is 0 Å². The lowest BCUT2D eigenvalue weighted by Crippen LogP contribution is -2.54. The molecule has 0 aliphatic heterocycles. The summed E-state index contributed by atoms with van der Waals surface area (Å²) < 4.78 is 20.7. The van der Waals surface area contributed by atoms with Crippen molar-refractivity contribution >= 4 is 8.80 Å². The predicted molar refractivity (Wildman–Crippen MR) is 52.0 cm³/mol. The van der Waals surface area contributed by atoms with Gasteiger partial charge >= 0.3 is 8.80 Å². The molecule has 0 N–H and O–H groups in total. The van der Waals surface area contributed by atoms with Crippen LogP contribution >= 0.6 is 0 Å². The van der Waals surface area contributed by atoms with Crippen molar-refractivity contribution in [2.24, 2.45) is 0 Å². The number of hydrogen-bond acceptors (Lipinski definition) is 4. The molecule has 5 heteroatoms. The van der Waals surface area contributed by atoms with E-state index in [1.165, 1.54) is 27.6 Å². The minimum atomic E-state index is -2.78. The zero-order chi connectivity index (χ0) is 10.3. The van der Waals surface area contributed by atoms with Gasteiger partial charge < -0.3 is 18.0 Å². The third-order valence-electron chi connectivity index (χ3n) is 1.66. The lowest BCUT2D eigenvalue weighted by Gasteiger charge is -2.29. The maximum absolute atomic E-state index is 5.19. The third kappa shape index (κ3) is 2.66. The highest BCUT2D eigenvalue weighted by Crippen LogP contribution is 2.15. The van der Waals surface area contributed by atoms with Crippen molar-refractivity contribution in [3.05, 3.63) is 25.5 Å². The molecule has 0 fully saturated rings. The summed E-state index contributed by atoms with van der Waals surface area (Å²) in [5.74, 6) is 0. The van der Waals surface area contributed by atoms with Crippen molar-refractivity contribution in [3.8, 4) is 0 Å². The van der Waals surface area contributed by atoms with E-state index in [1.807, 2.05) is 0 Å². The van der Waals surface area contributed by atoms with Crippen LogP contribution in [0.25, 0.3) is 0 Å². The van der Waals surface area contributed by atoms with Gasteiger partial charge in [-0.15, -0.1) is 0 Å². The van der Waals surface area contributed by atoms with Crippen molar-refractivity contribution < 1.29 is 18.0 Å². The summed E-state index contributed by atoms with van der Waals surface area (Å²) in [5.41, 5.74) is -0.426. The van der Waals surface area contributed by atoms with Gasteiger partial charge in [-0.05, 0) is 6.08 Å². The summed E-state index contributed by atoms with van der Waals surface area (Å²) in [6, 6.07) is 0. The molecule has 0 heterocycles. The average molecular weight is 204 g/mol. The first-order chi connectivity index (χ1) is 6.20. The predicted octanol–water partition coefficient (Wildman–Crippen LogP) is 1.12. The molecule has 0 saturated carbocycles. The fourth-order valence-corrected chi connectivity index (χ4v) is 2.73. The van der Waals surface area contributed by atoms with Crippen molar-refractivity contribution in [1.29, 1.82) is 0 Å². The van der Waals surface area contributed by atoms with E-state index in [0.29, 0.717) is 0 Å². The summed E-state index contributed by atoms with van der Waals surface area (Å²) in [7, 11) is 1.77. The zero-order valence-corrected chi connectivity index (χ0v) is 9.28. The highest BCUT2D eigenvalue weighted by Gasteiger charge is 2.47. The summed E-state index contributed by atoms with van der Waals surface area (Å²) in [6.45, 7) is 7.06. The largest absolute Gasteiger partial charge is 0.547 e. The van der Waals surface area contributed by atoms with Crippen molar-refractivity contribution in [1.82, 2.24) is 0 Å². The molecule has 0 aromatic heterocycles. The van der Waals surface area contributed by atoms with Crippen LogP contribution in [0.4, 0.5) is 0 Å². The molecule has 0 rings (SSSR count). The maximum atomic E-state index is 5.19. The van der Waals surface area contributed by atoms with Gasteiger partial charge in [0.05, 0.1) is 6.26 Å². The molecule has 0 aliphatic carbocycles. The topological polar surface area (TPSA) is 36.9 Å². The second-order valence-electron chi connectivity index (χ2n) is 2.17. The molecule has 0 bridgehead atoms. The molecule has 0 amide bonds. The Morgan fingerprint density at radius 1 is 1.08 bits per heavy atom. The number of ether oxygens (including phenoxy) is 1. The summed E-state index contributed by atoms with van der Waals surface area (Å²) >= 11 is 0. The van der Waals surface area contributed by atoms with E-state index in [2.05, 4.69) is 13.2 Å². The van der Waals surface area contributed by atoms with Crippen LogP contribution in [0, 0.1) is 0 Å². The van der Waals surface area contributed by atoms with Crippen molar-refractivity contribution in [2.75, 3.05) is 21.3 Å². The average Bonchev–Trinajstić information content (AvgIpc) is 2.19. The van der Waals surface area contributed by atoms with E-state index in [9.17, 15) is 0 Å². The first kappa shape index (κ1) is 12.4. The molecular formula is C8H16O4Si. The van der Waals surface area contributed by atoms with E-state index in [0.717, 1.165) is 0 Å². The molecule has 0 aromatic carbocycles. The first-order valence-electron chi connectivity index (χ1n) is 3.75. The summed E-state index contributed by atoms with van der Waals surface area (Å²) in [6.07, 6.45) is 2.88. The van der Waals surface area contributed by atoms with Gasteiger partial charge in [-0.25, -0.2) is 0 Å². The number of hydrogen-bond donors (Lipinski definition) is 0. The van der Waals surface area contributed by atoms with Crippen LogP contribution in [-0.2, 0) is 18.0 Å². The zero-order valence-electron chi connectivity index (χ0n) is 8.28. The van der Waals surface area contributed by atoms with Gasteiger partial charge in [0.2, 0.25) is 0 Å². The van der Waals surface area contributed by atoms with Gasteiger partial charge in [0, 0.05) is 21.3 Å². The van der Waals surface area contributed by atoms with E-state index >= 15 is 0 Å². The standard InChI is InChI=1S/C8H16O4Si/c1-6-8(12-7-2)13(9-3,10-4)11-5/h6-8H,1-2H2,3-5H3. The Morgan fingerprint density at radius 2 is 1.54 bits per heavy atom. The molecule has 76 valence electrons. The smallest absolute Gasteiger partial charge is 0.490 e. The Kier molecular flexibility index (Phi) is 5.64. The Bertz CT molecular complexity index is 159. The highest BCUT2D eigenvalue weighted by atomic mass is 28.4. The molecule has 0 spiro atoms. The van der Waals surface area contributed by atoms with Gasteiger partial charge in [-0.1, -0.05) is 13.2 Å². The normalized spacial score (nSPS) is 13.5. The Balaban J connectivity index is 4.63. The van der Waals surface area contributed by atoms with Crippen LogP contribution in [-0.4, -0.2) is 35.9 Å². The SMILES string of the molecule is C=COC(C=C)[Si](OC)(OC)OC. The molecule has 0 radical (unpaired) electrons. The van der Waals surface area contributed by atoms with Gasteiger partial charge in [-0.2, -0.15) is 0 Å². The minimum Gasteiger partial charge on any atom is -0.490 e. The first-order valence-corrected chi connectivity index (χ1v) is 5.55. The minimum absolute atomic E-state index is 0.426. The molecule has 4 nitrogen and oxygen atoms in total. The molecule has 1 atom stereocenters. The molecule has 13 heavy (non-hydrogen) atoms. The molecule has 1 unspecified atom stereocenters. The highest BCUT2D eigenvalue weighted by molar-refractivity contribution is 6.62. The van der Waals surface area contributed by atoms with E-state index in [4.69, 9.17) is 18.0 Å². The summed E-state index contributed by atoms with van der Waals surface area (Å²) in [4.78, 5) is 0. The maximum Gasteiger partial charge on any atom is 0.547 e. The van der Waals surface area contributed by atoms with E-state index in [-0.39, 0.29) is 0 Å². The van der Waals surface area contributed by atoms with Gasteiger partial charge in [-0.3, -0.25) is 0 Å². The second kappa shape index (κ2) is 5.93. The molecule has 0 saturated heterocycles. The lowest BCUT2D eigenvalue weighted by atomic mass is 10.7. The van der Waals surface area contributed by atoms with Gasteiger partial charge in [0.25, 0.3) is 0 Å². The Labute approximate surface area is 80.1 Å². The van der Waals surface area contributed by atoms with Crippen LogP contribution in [0.1, 0.15) is 0 Å². The van der Waals surface area contributed by atoms with E-state index in [1.54, 1.807) is 6.08 Å². The second-order valence-corrected chi connectivity index (χ2v) is 5.18.